The first kappa shape index (κ1) is 17.2. The molecular formula is C18H21F2N3O3. The molecule has 6 nitrogen and oxygen atoms in total. The number of carbonyl (C=O) groups excluding carboxylic acids is 2. The summed E-state index contributed by atoms with van der Waals surface area (Å²) in [5, 5.41) is 5.48. The smallest absolute Gasteiger partial charge is 0.267 e. The maximum atomic E-state index is 14.5. The number of anilines is 1. The van der Waals surface area contributed by atoms with Gasteiger partial charge >= 0.3 is 0 Å². The van der Waals surface area contributed by atoms with Crippen LogP contribution in [0.1, 0.15) is 37.2 Å². The lowest BCUT2D eigenvalue weighted by Crippen LogP contribution is -2.55. The van der Waals surface area contributed by atoms with Crippen LogP contribution in [-0.4, -0.2) is 49.0 Å². The van der Waals surface area contributed by atoms with E-state index in [1.54, 1.807) is 23.2 Å². The van der Waals surface area contributed by atoms with E-state index in [4.69, 9.17) is 4.74 Å². The van der Waals surface area contributed by atoms with E-state index in [-0.39, 0.29) is 25.0 Å². The van der Waals surface area contributed by atoms with Gasteiger partial charge in [-0.3, -0.25) is 14.6 Å². The molecule has 0 radical (unpaired) electrons. The molecule has 3 aliphatic rings. The SMILES string of the molecule is O=C1CCCC(=O)N1N1CCOc2c([C@H]3CCNCC3(F)F)cccc21. The molecule has 0 aromatic heterocycles. The number of ether oxygens (including phenoxy) is 1. The van der Waals surface area contributed by atoms with E-state index in [1.165, 1.54) is 0 Å². The van der Waals surface area contributed by atoms with Crippen LogP contribution >= 0.6 is 0 Å². The van der Waals surface area contributed by atoms with E-state index in [0.29, 0.717) is 55.8 Å². The van der Waals surface area contributed by atoms with Crippen LogP contribution in [0.5, 0.6) is 5.75 Å². The summed E-state index contributed by atoms with van der Waals surface area (Å²) < 4.78 is 34.6. The van der Waals surface area contributed by atoms with E-state index >= 15 is 0 Å². The molecule has 3 heterocycles. The minimum absolute atomic E-state index is 0.234. The van der Waals surface area contributed by atoms with Gasteiger partial charge in [-0.2, -0.15) is 5.01 Å². The number of piperidine rings is 2. The Morgan fingerprint density at radius 2 is 1.96 bits per heavy atom. The van der Waals surface area contributed by atoms with Gasteiger partial charge in [0.1, 0.15) is 18.0 Å². The van der Waals surface area contributed by atoms with E-state index in [2.05, 4.69) is 5.32 Å². The highest BCUT2D eigenvalue weighted by molar-refractivity contribution is 5.99. The predicted molar refractivity (Wildman–Crippen MR) is 90.2 cm³/mol. The first-order valence-corrected chi connectivity index (χ1v) is 8.96. The molecule has 2 amide bonds. The molecule has 0 unspecified atom stereocenters. The Bertz CT molecular complexity index is 724. The van der Waals surface area contributed by atoms with Crippen LogP contribution in [0.4, 0.5) is 14.5 Å². The van der Waals surface area contributed by atoms with Crippen LogP contribution < -0.4 is 15.1 Å². The first-order valence-electron chi connectivity index (χ1n) is 8.96. The van der Waals surface area contributed by atoms with Gasteiger partial charge in [0.25, 0.3) is 5.92 Å². The number of hydrazine groups is 1. The van der Waals surface area contributed by atoms with Crippen LogP contribution in [0.3, 0.4) is 0 Å². The third-order valence-corrected chi connectivity index (χ3v) is 5.20. The number of hydrogen-bond donors (Lipinski definition) is 1. The topological polar surface area (TPSA) is 61.9 Å². The van der Waals surface area contributed by atoms with Gasteiger partial charge in [-0.05, 0) is 25.5 Å². The molecule has 0 bridgehead atoms. The van der Waals surface area contributed by atoms with Crippen molar-refractivity contribution in [2.75, 3.05) is 31.3 Å². The van der Waals surface area contributed by atoms with E-state index < -0.39 is 11.8 Å². The number of amides is 2. The number of hydrogen-bond acceptors (Lipinski definition) is 5. The molecule has 8 heteroatoms. The summed E-state index contributed by atoms with van der Waals surface area (Å²) in [6.45, 7) is 0.707. The van der Waals surface area contributed by atoms with Gasteiger partial charge in [-0.15, -0.1) is 0 Å². The predicted octanol–water partition coefficient (Wildman–Crippen LogP) is 2.05. The molecule has 1 aromatic rings. The lowest BCUT2D eigenvalue weighted by atomic mass is 9.86. The molecule has 4 rings (SSSR count). The third kappa shape index (κ3) is 2.82. The van der Waals surface area contributed by atoms with Crippen molar-refractivity contribution < 1.29 is 23.1 Å². The second-order valence-corrected chi connectivity index (χ2v) is 6.90. The minimum Gasteiger partial charge on any atom is -0.489 e. The normalized spacial score (nSPS) is 25.7. The zero-order chi connectivity index (χ0) is 18.3. The number of rotatable bonds is 2. The summed E-state index contributed by atoms with van der Waals surface area (Å²) in [6.07, 6.45) is 1.47. The lowest BCUT2D eigenvalue weighted by molar-refractivity contribution is -0.149. The molecule has 140 valence electrons. The Morgan fingerprint density at radius 3 is 2.69 bits per heavy atom. The minimum atomic E-state index is -2.88. The van der Waals surface area contributed by atoms with Gasteiger partial charge in [-0.1, -0.05) is 12.1 Å². The quantitative estimate of drug-likeness (QED) is 0.813. The highest BCUT2D eigenvalue weighted by Gasteiger charge is 2.45. The van der Waals surface area contributed by atoms with Crippen LogP contribution in [0.2, 0.25) is 0 Å². The number of nitrogens with one attached hydrogen (secondary N) is 1. The Balaban J connectivity index is 1.74. The highest BCUT2D eigenvalue weighted by atomic mass is 19.3. The van der Waals surface area contributed by atoms with Crippen molar-refractivity contribution in [3.63, 3.8) is 0 Å². The Hall–Kier alpha value is -2.22. The average molecular weight is 365 g/mol. The molecule has 1 N–H and O–H groups in total. The van der Waals surface area contributed by atoms with Crippen molar-refractivity contribution in [2.45, 2.75) is 37.5 Å². The van der Waals surface area contributed by atoms with Gasteiger partial charge in [0.05, 0.1) is 19.0 Å². The van der Waals surface area contributed by atoms with Crippen molar-refractivity contribution >= 4 is 17.5 Å². The summed E-state index contributed by atoms with van der Waals surface area (Å²) in [5.41, 5.74) is 0.947. The van der Waals surface area contributed by atoms with Crippen molar-refractivity contribution in [3.8, 4) is 5.75 Å². The molecular weight excluding hydrogens is 344 g/mol. The van der Waals surface area contributed by atoms with Gasteiger partial charge < -0.3 is 10.1 Å². The molecule has 3 aliphatic heterocycles. The number of nitrogens with zero attached hydrogens (tertiary/aromatic N) is 2. The van der Waals surface area contributed by atoms with Gasteiger partial charge in [0.2, 0.25) is 11.8 Å². The zero-order valence-electron chi connectivity index (χ0n) is 14.3. The summed E-state index contributed by atoms with van der Waals surface area (Å²) in [7, 11) is 0. The Kier molecular flexibility index (Phi) is 4.30. The number of para-hydroxylation sites is 1. The highest BCUT2D eigenvalue weighted by Crippen LogP contribution is 2.46. The molecule has 1 aromatic carbocycles. The average Bonchev–Trinajstić information content (AvgIpc) is 2.61. The summed E-state index contributed by atoms with van der Waals surface area (Å²) in [5.74, 6) is -3.99. The standard InChI is InChI=1S/C18H21F2N3O3/c19-18(20)11-21-8-7-13(18)12-3-1-4-14-17(12)26-10-9-22(14)23-15(24)5-2-6-16(23)25/h1,3-4,13,21H,2,5-11H2/t13-/m1/s1. The van der Waals surface area contributed by atoms with E-state index in [0.717, 1.165) is 5.01 Å². The Morgan fingerprint density at radius 1 is 1.19 bits per heavy atom. The van der Waals surface area contributed by atoms with Crippen molar-refractivity contribution in [2.24, 2.45) is 0 Å². The zero-order valence-corrected chi connectivity index (χ0v) is 14.3. The van der Waals surface area contributed by atoms with Crippen LogP contribution in [-0.2, 0) is 9.59 Å². The Labute approximate surface area is 150 Å². The monoisotopic (exact) mass is 365 g/mol. The lowest BCUT2D eigenvalue weighted by Gasteiger charge is -2.41. The molecule has 0 spiro atoms. The van der Waals surface area contributed by atoms with Crippen molar-refractivity contribution in [3.05, 3.63) is 23.8 Å². The van der Waals surface area contributed by atoms with E-state index in [9.17, 15) is 18.4 Å². The second-order valence-electron chi connectivity index (χ2n) is 6.90. The number of carbonyl (C=O) groups is 2. The number of halogens is 2. The molecule has 26 heavy (non-hydrogen) atoms. The number of fused-ring (bicyclic) bond motifs is 1. The maximum Gasteiger partial charge on any atom is 0.267 e. The van der Waals surface area contributed by atoms with Crippen molar-refractivity contribution in [1.82, 2.24) is 10.3 Å². The summed E-state index contributed by atoms with van der Waals surface area (Å²) in [6, 6.07) is 5.06. The number of imide groups is 1. The molecule has 2 fully saturated rings. The largest absolute Gasteiger partial charge is 0.489 e. The summed E-state index contributed by atoms with van der Waals surface area (Å²) >= 11 is 0. The fraction of sp³-hybridized carbons (Fsp3) is 0.556. The number of alkyl halides is 2. The van der Waals surface area contributed by atoms with Gasteiger partial charge in [-0.25, -0.2) is 8.78 Å². The fourth-order valence-corrected chi connectivity index (χ4v) is 3.97. The van der Waals surface area contributed by atoms with E-state index in [1.807, 2.05) is 0 Å². The van der Waals surface area contributed by atoms with Crippen LogP contribution in [0, 0.1) is 0 Å². The summed E-state index contributed by atoms with van der Waals surface area (Å²) in [4.78, 5) is 24.6. The van der Waals surface area contributed by atoms with Crippen molar-refractivity contribution in [1.29, 1.82) is 0 Å². The molecule has 1 atom stereocenters. The van der Waals surface area contributed by atoms with Gasteiger partial charge in [0.15, 0.2) is 0 Å². The molecule has 0 aliphatic carbocycles. The second kappa shape index (κ2) is 6.50. The van der Waals surface area contributed by atoms with Crippen LogP contribution in [0.25, 0.3) is 0 Å². The molecule has 2 saturated heterocycles. The van der Waals surface area contributed by atoms with Crippen LogP contribution in [0.15, 0.2) is 18.2 Å². The first-order chi connectivity index (χ1) is 12.5. The number of benzene rings is 1. The fourth-order valence-electron chi connectivity index (χ4n) is 3.97. The molecule has 0 saturated carbocycles. The maximum absolute atomic E-state index is 14.5. The van der Waals surface area contributed by atoms with Gasteiger partial charge in [0, 0.05) is 18.4 Å². The third-order valence-electron chi connectivity index (χ3n) is 5.20.